The Morgan fingerprint density at radius 1 is 0.917 bits per heavy atom. The average molecular weight is 399 g/mol. The van der Waals surface area contributed by atoms with Gasteiger partial charge in [-0.15, -0.1) is 0 Å². The highest BCUT2D eigenvalue weighted by Crippen LogP contribution is 2.10. The molecule has 0 aliphatic heterocycles. The van der Waals surface area contributed by atoms with Crippen molar-refractivity contribution in [2.45, 2.75) is 32.5 Å². The molecule has 0 aliphatic carbocycles. The zero-order chi connectivity index (χ0) is 17.4. The van der Waals surface area contributed by atoms with Crippen LogP contribution < -0.4 is 0 Å². The molecule has 0 N–H and O–H groups in total. The highest BCUT2D eigenvalue weighted by molar-refractivity contribution is 9.10. The van der Waals surface area contributed by atoms with E-state index in [4.69, 9.17) is 0 Å². The molecule has 2 aromatic rings. The van der Waals surface area contributed by atoms with Crippen molar-refractivity contribution in [3.63, 3.8) is 0 Å². The Labute approximate surface area is 150 Å². The molecule has 2 nitrogen and oxygen atoms in total. The van der Waals surface area contributed by atoms with E-state index in [1.165, 1.54) is 48.5 Å². The second kappa shape index (κ2) is 10.8. The van der Waals surface area contributed by atoms with Gasteiger partial charge in [-0.3, -0.25) is 9.59 Å². The van der Waals surface area contributed by atoms with Crippen molar-refractivity contribution in [3.8, 4) is 0 Å². The lowest BCUT2D eigenvalue weighted by molar-refractivity contribution is 0.0983. The largest absolute Gasteiger partial charge is 0.294 e. The summed E-state index contributed by atoms with van der Waals surface area (Å²) in [5.74, 6) is -0.619. The molecular weight excluding hydrogens is 378 g/mol. The predicted octanol–water partition coefficient (Wildman–Crippen LogP) is 5.85. The van der Waals surface area contributed by atoms with Crippen LogP contribution in [0.2, 0.25) is 0 Å². The quantitative estimate of drug-likeness (QED) is 0.478. The van der Waals surface area contributed by atoms with Crippen LogP contribution in [-0.2, 0) is 0 Å². The number of carbonyl (C=O) groups excluding carboxylic acids is 2. The summed E-state index contributed by atoms with van der Waals surface area (Å²) in [7, 11) is 0. The fourth-order valence-electron chi connectivity index (χ4n) is 1.68. The van der Waals surface area contributed by atoms with Crippen LogP contribution in [-0.4, -0.2) is 16.4 Å². The van der Waals surface area contributed by atoms with Crippen LogP contribution in [0.3, 0.4) is 0 Å². The van der Waals surface area contributed by atoms with Crippen molar-refractivity contribution in [1.29, 1.82) is 0 Å². The Morgan fingerprint density at radius 3 is 1.62 bits per heavy atom. The summed E-state index contributed by atoms with van der Waals surface area (Å²) in [4.78, 5) is 22.1. The monoisotopic (exact) mass is 398 g/mol. The summed E-state index contributed by atoms with van der Waals surface area (Å²) in [6.45, 7) is 3.53. The van der Waals surface area contributed by atoms with Crippen molar-refractivity contribution in [2.75, 3.05) is 0 Å². The Hall–Kier alpha value is -1.88. The van der Waals surface area contributed by atoms with Crippen molar-refractivity contribution >= 4 is 27.5 Å². The van der Waals surface area contributed by atoms with E-state index in [2.05, 4.69) is 15.9 Å². The molecule has 0 heterocycles. The molecule has 0 saturated carbocycles. The molecule has 130 valence electrons. The lowest BCUT2D eigenvalue weighted by Gasteiger charge is -2.01. The van der Waals surface area contributed by atoms with Gasteiger partial charge in [-0.1, -0.05) is 30.3 Å². The molecule has 5 heteroatoms. The third-order valence-electron chi connectivity index (χ3n) is 2.98. The molecule has 0 amide bonds. The number of alkyl halides is 1. The minimum Gasteiger partial charge on any atom is -0.294 e. The van der Waals surface area contributed by atoms with Crippen LogP contribution in [0.1, 0.15) is 48.4 Å². The van der Waals surface area contributed by atoms with E-state index in [1.807, 2.05) is 0 Å². The first kappa shape index (κ1) is 22.1. The van der Waals surface area contributed by atoms with Crippen molar-refractivity contribution < 1.29 is 18.4 Å². The summed E-state index contributed by atoms with van der Waals surface area (Å²) in [6.07, 6.45) is 0.464. The zero-order valence-electron chi connectivity index (χ0n) is 12.9. The number of Topliss-reactive ketones (excluding diaryl/α,β-unsaturated/α-hetero) is 2. The van der Waals surface area contributed by atoms with Gasteiger partial charge in [-0.2, -0.15) is 0 Å². The van der Waals surface area contributed by atoms with Gasteiger partial charge in [0.05, 0.1) is 4.83 Å². The van der Waals surface area contributed by atoms with Gasteiger partial charge in [0.15, 0.2) is 11.6 Å². The number of ketones is 2. The average Bonchev–Trinajstić information content (AvgIpc) is 2.55. The van der Waals surface area contributed by atoms with Gasteiger partial charge >= 0.3 is 0 Å². The van der Waals surface area contributed by atoms with E-state index in [1.54, 1.807) is 13.8 Å². The Balaban J connectivity index is 0.000000425. The lowest BCUT2D eigenvalue weighted by atomic mass is 10.1. The third-order valence-corrected chi connectivity index (χ3v) is 3.39. The molecule has 1 unspecified atom stereocenters. The van der Waals surface area contributed by atoms with E-state index in [-0.39, 0.29) is 35.5 Å². The van der Waals surface area contributed by atoms with Gasteiger partial charge in [0, 0.05) is 17.5 Å². The summed E-state index contributed by atoms with van der Waals surface area (Å²) in [6, 6.07) is 11.1. The van der Waals surface area contributed by atoms with Crippen LogP contribution in [0.25, 0.3) is 0 Å². The number of rotatable bonds is 4. The summed E-state index contributed by atoms with van der Waals surface area (Å²) in [5, 5.41) is 0. The van der Waals surface area contributed by atoms with Crippen LogP contribution in [0.5, 0.6) is 0 Å². The molecule has 0 fully saturated rings. The molecule has 0 spiro atoms. The van der Waals surface area contributed by atoms with Gasteiger partial charge < -0.3 is 0 Å². The molecule has 2 rings (SSSR count). The molecule has 0 saturated heterocycles. The Morgan fingerprint density at radius 2 is 1.29 bits per heavy atom. The normalized spacial score (nSPS) is 10.7. The molecule has 1 atom stereocenters. The highest BCUT2D eigenvalue weighted by atomic mass is 79.9. The van der Waals surface area contributed by atoms with Crippen LogP contribution in [0, 0.1) is 11.6 Å². The first-order valence-electron chi connectivity index (χ1n) is 7.07. The molecule has 0 aromatic heterocycles. The molecular formula is C19H21BrF2O2. The predicted molar refractivity (Wildman–Crippen MR) is 96.9 cm³/mol. The van der Waals surface area contributed by atoms with Gasteiger partial charge in [0.2, 0.25) is 0 Å². The van der Waals surface area contributed by atoms with Gasteiger partial charge in [0.1, 0.15) is 11.6 Å². The number of carbonyl (C=O) groups is 2. The van der Waals surface area contributed by atoms with E-state index >= 15 is 0 Å². The van der Waals surface area contributed by atoms with E-state index in [9.17, 15) is 18.4 Å². The number of hydrogen-bond acceptors (Lipinski definition) is 2. The van der Waals surface area contributed by atoms with Crippen molar-refractivity contribution in [2.24, 2.45) is 0 Å². The topological polar surface area (TPSA) is 34.1 Å². The zero-order valence-corrected chi connectivity index (χ0v) is 14.4. The maximum absolute atomic E-state index is 12.4. The first-order chi connectivity index (χ1) is 10.8. The summed E-state index contributed by atoms with van der Waals surface area (Å²) in [5.41, 5.74) is 1.11. The van der Waals surface area contributed by atoms with Crippen LogP contribution in [0.4, 0.5) is 8.78 Å². The SMILES string of the molecule is C.CC(Br)C(=O)c1ccc(F)cc1.CCC(=O)c1ccc(F)cc1. The van der Waals surface area contributed by atoms with Gasteiger partial charge in [-0.25, -0.2) is 8.78 Å². The number of benzene rings is 2. The maximum atomic E-state index is 12.4. The second-order valence-electron chi connectivity index (χ2n) is 4.77. The van der Waals surface area contributed by atoms with Crippen LogP contribution in [0.15, 0.2) is 48.5 Å². The highest BCUT2D eigenvalue weighted by Gasteiger charge is 2.10. The third kappa shape index (κ3) is 7.13. The van der Waals surface area contributed by atoms with Gasteiger partial charge in [-0.05, 0) is 55.5 Å². The van der Waals surface area contributed by atoms with Gasteiger partial charge in [0.25, 0.3) is 0 Å². The summed E-state index contributed by atoms with van der Waals surface area (Å²) < 4.78 is 24.8. The number of hydrogen-bond donors (Lipinski definition) is 0. The van der Waals surface area contributed by atoms with Crippen molar-refractivity contribution in [1.82, 2.24) is 0 Å². The molecule has 0 bridgehead atoms. The lowest BCUT2D eigenvalue weighted by Crippen LogP contribution is -2.09. The smallest absolute Gasteiger partial charge is 0.176 e. The minimum atomic E-state index is -0.325. The van der Waals surface area contributed by atoms with E-state index in [0.29, 0.717) is 17.5 Å². The van der Waals surface area contributed by atoms with Crippen LogP contribution >= 0.6 is 15.9 Å². The molecule has 0 radical (unpaired) electrons. The fourth-order valence-corrected chi connectivity index (χ4v) is 1.95. The Bertz CT molecular complexity index is 650. The fraction of sp³-hybridized carbons (Fsp3) is 0.263. The second-order valence-corrected chi connectivity index (χ2v) is 6.14. The Kier molecular flexibility index (Phi) is 9.97. The first-order valence-corrected chi connectivity index (χ1v) is 7.99. The van der Waals surface area contributed by atoms with E-state index in [0.717, 1.165) is 0 Å². The summed E-state index contributed by atoms with van der Waals surface area (Å²) >= 11 is 3.15. The molecule has 2 aromatic carbocycles. The number of halogens is 3. The van der Waals surface area contributed by atoms with E-state index < -0.39 is 0 Å². The molecule has 0 aliphatic rings. The molecule has 24 heavy (non-hydrogen) atoms. The maximum Gasteiger partial charge on any atom is 0.176 e. The van der Waals surface area contributed by atoms with Crippen molar-refractivity contribution in [3.05, 3.63) is 71.3 Å². The standard InChI is InChI=1S/C9H8BrFO.C9H9FO.CH4/c1-6(10)9(12)7-2-4-8(11)5-3-7;1-2-9(11)7-3-5-8(10)6-4-7;/h2-6H,1H3;3-6H,2H2,1H3;1H4. The minimum absolute atomic E-state index is 0.